The minimum absolute atomic E-state index is 0.139. The third-order valence-corrected chi connectivity index (χ3v) is 6.40. The number of aliphatic hydroxyl groups excluding tert-OH is 1. The molecule has 5 nitrogen and oxygen atoms in total. The number of hydrogen-bond donors (Lipinski definition) is 1. The quantitative estimate of drug-likeness (QED) is 0.735. The number of rotatable bonds is 8. The van der Waals surface area contributed by atoms with E-state index in [-0.39, 0.29) is 10.8 Å². The van der Waals surface area contributed by atoms with Gasteiger partial charge in [-0.05, 0) is 35.8 Å². The zero-order chi connectivity index (χ0) is 13.9. The van der Waals surface area contributed by atoms with Crippen LogP contribution in [0.4, 0.5) is 0 Å². The molecule has 1 heterocycles. The average Bonchev–Trinajstić information content (AvgIpc) is 3.07. The van der Waals surface area contributed by atoms with Crippen LogP contribution < -0.4 is 0 Å². The predicted octanol–water partition coefficient (Wildman–Crippen LogP) is 1.29. The number of ether oxygens (including phenoxy) is 1. The highest BCUT2D eigenvalue weighted by atomic mass is 32.2. The Hall–Kier alpha value is -0.470. The lowest BCUT2D eigenvalue weighted by molar-refractivity contribution is 0.117. The van der Waals surface area contributed by atoms with E-state index >= 15 is 0 Å². The van der Waals surface area contributed by atoms with Gasteiger partial charge in [0.2, 0.25) is 0 Å². The van der Waals surface area contributed by atoms with Crippen molar-refractivity contribution in [1.82, 2.24) is 4.31 Å². The van der Waals surface area contributed by atoms with Crippen molar-refractivity contribution in [2.45, 2.75) is 23.7 Å². The summed E-state index contributed by atoms with van der Waals surface area (Å²) in [5.41, 5.74) is 0.627. The van der Waals surface area contributed by atoms with E-state index in [9.17, 15) is 8.42 Å². The Morgan fingerprint density at radius 3 is 2.84 bits per heavy atom. The molecule has 1 fully saturated rings. The summed E-state index contributed by atoms with van der Waals surface area (Å²) < 4.78 is 31.4. The van der Waals surface area contributed by atoms with E-state index in [0.29, 0.717) is 24.6 Å². The lowest BCUT2D eigenvalue weighted by Gasteiger charge is -2.15. The molecule has 0 amide bonds. The van der Waals surface area contributed by atoms with Crippen LogP contribution in [0.3, 0.4) is 0 Å². The van der Waals surface area contributed by atoms with Gasteiger partial charge in [-0.15, -0.1) is 11.3 Å². The second-order valence-corrected chi connectivity index (χ2v) is 7.96. The third-order valence-electron chi connectivity index (χ3n) is 3.08. The average molecular weight is 305 g/mol. The molecule has 2 rings (SSSR count). The SMILES string of the molecule is CN(CCOCC1CC1)S(=O)(=O)c1cc(CO)cs1. The van der Waals surface area contributed by atoms with Crippen LogP contribution in [0.25, 0.3) is 0 Å². The molecule has 0 unspecified atom stereocenters. The molecule has 0 atom stereocenters. The van der Waals surface area contributed by atoms with Crippen molar-refractivity contribution in [3.05, 3.63) is 17.0 Å². The van der Waals surface area contributed by atoms with Crippen molar-refractivity contribution in [3.63, 3.8) is 0 Å². The first-order chi connectivity index (χ1) is 9.04. The molecule has 1 N–H and O–H groups in total. The highest BCUT2D eigenvalue weighted by molar-refractivity contribution is 7.91. The van der Waals surface area contributed by atoms with Gasteiger partial charge in [0.05, 0.1) is 13.2 Å². The van der Waals surface area contributed by atoms with Gasteiger partial charge in [-0.2, -0.15) is 4.31 Å². The van der Waals surface area contributed by atoms with Crippen molar-refractivity contribution in [3.8, 4) is 0 Å². The molecular weight excluding hydrogens is 286 g/mol. The molecule has 19 heavy (non-hydrogen) atoms. The second kappa shape index (κ2) is 6.32. The number of thiophene rings is 1. The van der Waals surface area contributed by atoms with Crippen LogP contribution >= 0.6 is 11.3 Å². The number of aliphatic hydroxyl groups is 1. The van der Waals surface area contributed by atoms with Crippen molar-refractivity contribution in [2.24, 2.45) is 5.92 Å². The van der Waals surface area contributed by atoms with Gasteiger partial charge in [0, 0.05) is 20.2 Å². The van der Waals surface area contributed by atoms with Gasteiger partial charge in [0.1, 0.15) is 4.21 Å². The van der Waals surface area contributed by atoms with Gasteiger partial charge in [-0.3, -0.25) is 0 Å². The Labute approximate surface area is 117 Å². The van der Waals surface area contributed by atoms with Crippen LogP contribution in [0.5, 0.6) is 0 Å². The van der Waals surface area contributed by atoms with Gasteiger partial charge >= 0.3 is 0 Å². The zero-order valence-corrected chi connectivity index (χ0v) is 12.5. The fourth-order valence-electron chi connectivity index (χ4n) is 1.57. The van der Waals surface area contributed by atoms with Gasteiger partial charge in [-0.1, -0.05) is 0 Å². The Morgan fingerprint density at radius 1 is 1.53 bits per heavy atom. The van der Waals surface area contributed by atoms with Crippen LogP contribution in [0.1, 0.15) is 18.4 Å². The lowest BCUT2D eigenvalue weighted by atomic mass is 10.4. The van der Waals surface area contributed by atoms with Crippen molar-refractivity contribution in [1.29, 1.82) is 0 Å². The smallest absolute Gasteiger partial charge is 0.252 e. The fraction of sp³-hybridized carbons (Fsp3) is 0.667. The molecule has 0 bridgehead atoms. The Balaban J connectivity index is 1.86. The summed E-state index contributed by atoms with van der Waals surface area (Å²) in [5, 5.41) is 10.6. The van der Waals surface area contributed by atoms with E-state index in [1.807, 2.05) is 0 Å². The van der Waals surface area contributed by atoms with Crippen LogP contribution in [-0.2, 0) is 21.4 Å². The van der Waals surface area contributed by atoms with Gasteiger partial charge in [0.15, 0.2) is 0 Å². The van der Waals surface area contributed by atoms with Gasteiger partial charge in [0.25, 0.3) is 10.0 Å². The number of nitrogens with zero attached hydrogens (tertiary/aromatic N) is 1. The van der Waals surface area contributed by atoms with Crippen LogP contribution in [-0.4, -0.2) is 44.6 Å². The number of hydrogen-bond acceptors (Lipinski definition) is 5. The van der Waals surface area contributed by atoms with Crippen LogP contribution in [0.2, 0.25) is 0 Å². The maximum Gasteiger partial charge on any atom is 0.252 e. The molecule has 1 aromatic heterocycles. The van der Waals surface area contributed by atoms with E-state index in [2.05, 4.69) is 0 Å². The molecule has 0 aromatic carbocycles. The standard InChI is InChI=1S/C12H19NO4S2/c1-13(4-5-17-8-10-2-3-10)19(15,16)12-6-11(7-14)9-18-12/h6,9-10,14H,2-5,7-8H2,1H3. The maximum absolute atomic E-state index is 12.2. The summed E-state index contributed by atoms with van der Waals surface area (Å²) >= 11 is 1.13. The molecule has 0 saturated heterocycles. The predicted molar refractivity (Wildman–Crippen MR) is 73.6 cm³/mol. The molecule has 0 radical (unpaired) electrons. The van der Waals surface area contributed by atoms with E-state index in [1.165, 1.54) is 23.2 Å². The van der Waals surface area contributed by atoms with Crippen molar-refractivity contribution >= 4 is 21.4 Å². The second-order valence-electron chi connectivity index (χ2n) is 4.78. The topological polar surface area (TPSA) is 66.8 Å². The Kier molecular flexibility index (Phi) is 4.97. The molecule has 1 aliphatic carbocycles. The number of likely N-dealkylation sites (N-methyl/N-ethyl adjacent to an activating group) is 1. The van der Waals surface area contributed by atoms with E-state index in [4.69, 9.17) is 9.84 Å². The summed E-state index contributed by atoms with van der Waals surface area (Å²) in [6.07, 6.45) is 2.46. The molecule has 7 heteroatoms. The summed E-state index contributed by atoms with van der Waals surface area (Å²) in [7, 11) is -1.90. The van der Waals surface area contributed by atoms with Crippen LogP contribution in [0, 0.1) is 5.92 Å². The molecule has 0 spiro atoms. The fourth-order valence-corrected chi connectivity index (χ4v) is 4.14. The summed E-state index contributed by atoms with van der Waals surface area (Å²) in [6, 6.07) is 1.52. The molecule has 108 valence electrons. The molecule has 1 saturated carbocycles. The monoisotopic (exact) mass is 305 g/mol. The highest BCUT2D eigenvalue weighted by Crippen LogP contribution is 2.28. The van der Waals surface area contributed by atoms with E-state index in [0.717, 1.165) is 17.9 Å². The first kappa shape index (κ1) is 14.9. The van der Waals surface area contributed by atoms with Gasteiger partial charge in [-0.25, -0.2) is 8.42 Å². The van der Waals surface area contributed by atoms with Crippen molar-refractivity contribution < 1.29 is 18.3 Å². The normalized spacial score (nSPS) is 16.2. The first-order valence-electron chi connectivity index (χ1n) is 6.26. The minimum atomic E-state index is -3.45. The summed E-state index contributed by atoms with van der Waals surface area (Å²) in [4.78, 5) is 0. The largest absolute Gasteiger partial charge is 0.392 e. The van der Waals surface area contributed by atoms with E-state index < -0.39 is 10.0 Å². The summed E-state index contributed by atoms with van der Waals surface area (Å²) in [5.74, 6) is 0.686. The number of sulfonamides is 1. The molecule has 1 aliphatic rings. The first-order valence-corrected chi connectivity index (χ1v) is 8.58. The summed E-state index contributed by atoms with van der Waals surface area (Å²) in [6.45, 7) is 1.37. The maximum atomic E-state index is 12.2. The van der Waals surface area contributed by atoms with E-state index in [1.54, 1.807) is 12.4 Å². The highest BCUT2D eigenvalue weighted by Gasteiger charge is 2.24. The molecule has 0 aliphatic heterocycles. The van der Waals surface area contributed by atoms with Gasteiger partial charge < -0.3 is 9.84 Å². The Morgan fingerprint density at radius 2 is 2.26 bits per heavy atom. The van der Waals surface area contributed by atoms with Crippen molar-refractivity contribution in [2.75, 3.05) is 26.8 Å². The molecule has 1 aromatic rings. The minimum Gasteiger partial charge on any atom is -0.392 e. The third kappa shape index (κ3) is 4.00. The van der Waals surface area contributed by atoms with Crippen LogP contribution in [0.15, 0.2) is 15.7 Å². The molecular formula is C12H19NO4S2. The zero-order valence-electron chi connectivity index (χ0n) is 10.9. The Bertz CT molecular complexity index is 508. The lowest BCUT2D eigenvalue weighted by Crippen LogP contribution is -2.30.